The number of sulfone groups is 1. The van der Waals surface area contributed by atoms with Crippen molar-refractivity contribution < 1.29 is 27.5 Å². The minimum absolute atomic E-state index is 0.0938. The summed E-state index contributed by atoms with van der Waals surface area (Å²) in [6.07, 6.45) is 10.7. The zero-order chi connectivity index (χ0) is 22.6. The van der Waals surface area contributed by atoms with E-state index in [1.54, 1.807) is 30.4 Å². The Bertz CT molecular complexity index is 1130. The first kappa shape index (κ1) is 22.5. The Kier molecular flexibility index (Phi) is 6.75. The van der Waals surface area contributed by atoms with Gasteiger partial charge in [-0.25, -0.2) is 13.2 Å². The minimum atomic E-state index is -3.74. The van der Waals surface area contributed by atoms with Gasteiger partial charge in [-0.2, -0.15) is 0 Å². The van der Waals surface area contributed by atoms with Crippen LogP contribution in [0.3, 0.4) is 0 Å². The first-order valence-corrected chi connectivity index (χ1v) is 11.4. The fraction of sp³-hybridized carbons (Fsp3) is 0.250. The molecule has 0 aromatic heterocycles. The van der Waals surface area contributed by atoms with E-state index < -0.39 is 33.6 Å². The highest BCUT2D eigenvalue weighted by Gasteiger charge is 2.41. The number of hydrogen-bond donors (Lipinski definition) is 0. The SMILES string of the molecule is COC(=O)C1=C2C(C)=CC=CC=C2C=C[C@@H](CS(=O)(=O)c2ccccc2)[C@H]1C(=O)OC. The molecule has 3 rings (SSSR count). The summed E-state index contributed by atoms with van der Waals surface area (Å²) in [5.74, 6) is -3.74. The van der Waals surface area contributed by atoms with Crippen molar-refractivity contribution in [1.29, 1.82) is 0 Å². The molecule has 2 aliphatic carbocycles. The molecule has 0 saturated heterocycles. The molecule has 0 fully saturated rings. The van der Waals surface area contributed by atoms with E-state index >= 15 is 0 Å². The third-order valence-corrected chi connectivity index (χ3v) is 7.14. The molecular formula is C24H24O6S. The van der Waals surface area contributed by atoms with Crippen molar-refractivity contribution in [3.63, 3.8) is 0 Å². The largest absolute Gasteiger partial charge is 0.469 e. The highest BCUT2D eigenvalue weighted by molar-refractivity contribution is 7.91. The van der Waals surface area contributed by atoms with Crippen molar-refractivity contribution in [2.45, 2.75) is 11.8 Å². The van der Waals surface area contributed by atoms with Gasteiger partial charge >= 0.3 is 11.9 Å². The van der Waals surface area contributed by atoms with Crippen LogP contribution >= 0.6 is 0 Å². The Morgan fingerprint density at radius 2 is 1.68 bits per heavy atom. The molecule has 7 heteroatoms. The van der Waals surface area contributed by atoms with Crippen molar-refractivity contribution in [1.82, 2.24) is 0 Å². The van der Waals surface area contributed by atoms with Gasteiger partial charge in [-0.1, -0.05) is 54.7 Å². The summed E-state index contributed by atoms with van der Waals surface area (Å²) >= 11 is 0. The quantitative estimate of drug-likeness (QED) is 0.653. The highest BCUT2D eigenvalue weighted by Crippen LogP contribution is 2.39. The van der Waals surface area contributed by atoms with Crippen LogP contribution in [-0.4, -0.2) is 40.3 Å². The van der Waals surface area contributed by atoms with Crippen LogP contribution in [0.15, 0.2) is 94.0 Å². The van der Waals surface area contributed by atoms with Crippen LogP contribution in [0.5, 0.6) is 0 Å². The maximum Gasteiger partial charge on any atom is 0.335 e. The molecule has 162 valence electrons. The van der Waals surface area contributed by atoms with Crippen molar-refractivity contribution >= 4 is 21.8 Å². The van der Waals surface area contributed by atoms with Crippen LogP contribution in [0, 0.1) is 11.8 Å². The maximum absolute atomic E-state index is 13.1. The second kappa shape index (κ2) is 9.31. The maximum atomic E-state index is 13.1. The van der Waals surface area contributed by atoms with Crippen LogP contribution in [0.25, 0.3) is 0 Å². The summed E-state index contributed by atoms with van der Waals surface area (Å²) < 4.78 is 36.2. The number of benzene rings is 1. The third-order valence-electron chi connectivity index (χ3n) is 5.32. The van der Waals surface area contributed by atoms with Gasteiger partial charge < -0.3 is 9.47 Å². The van der Waals surface area contributed by atoms with E-state index in [1.807, 2.05) is 31.2 Å². The topological polar surface area (TPSA) is 86.7 Å². The highest BCUT2D eigenvalue weighted by atomic mass is 32.2. The van der Waals surface area contributed by atoms with E-state index in [2.05, 4.69) is 0 Å². The molecule has 0 saturated carbocycles. The number of fused-ring (bicyclic) bond motifs is 1. The summed E-state index contributed by atoms with van der Waals surface area (Å²) in [5.41, 5.74) is 2.08. The zero-order valence-corrected chi connectivity index (χ0v) is 18.4. The summed E-state index contributed by atoms with van der Waals surface area (Å²) in [6.45, 7) is 1.82. The third kappa shape index (κ3) is 4.61. The number of hydrogen-bond acceptors (Lipinski definition) is 6. The summed E-state index contributed by atoms with van der Waals surface area (Å²) in [6, 6.07) is 8.02. The average Bonchev–Trinajstić information content (AvgIpc) is 3.04. The van der Waals surface area contributed by atoms with Crippen molar-refractivity contribution in [2.24, 2.45) is 11.8 Å². The molecule has 6 nitrogen and oxygen atoms in total. The summed E-state index contributed by atoms with van der Waals surface area (Å²) in [5, 5.41) is 0. The summed E-state index contributed by atoms with van der Waals surface area (Å²) in [7, 11) is -1.29. The lowest BCUT2D eigenvalue weighted by molar-refractivity contribution is -0.148. The van der Waals surface area contributed by atoms with E-state index in [-0.39, 0.29) is 16.2 Å². The number of esters is 2. The molecule has 0 unspecified atom stereocenters. The minimum Gasteiger partial charge on any atom is -0.469 e. The van der Waals surface area contributed by atoms with Gasteiger partial charge in [-0.05, 0) is 35.8 Å². The van der Waals surface area contributed by atoms with Crippen LogP contribution in [0.1, 0.15) is 6.92 Å². The molecule has 0 aliphatic heterocycles. The Balaban J connectivity index is 2.21. The molecular weight excluding hydrogens is 416 g/mol. The van der Waals surface area contributed by atoms with Gasteiger partial charge in [-0.3, -0.25) is 4.79 Å². The number of allylic oxidation sites excluding steroid dienone is 9. The lowest BCUT2D eigenvalue weighted by Crippen LogP contribution is -2.34. The Labute approximate surface area is 182 Å². The molecule has 2 atom stereocenters. The van der Waals surface area contributed by atoms with Gasteiger partial charge in [0, 0.05) is 5.92 Å². The van der Waals surface area contributed by atoms with Crippen LogP contribution < -0.4 is 0 Å². The number of carbonyl (C=O) groups is 2. The van der Waals surface area contributed by atoms with E-state index in [9.17, 15) is 18.0 Å². The monoisotopic (exact) mass is 440 g/mol. The summed E-state index contributed by atoms with van der Waals surface area (Å²) in [4.78, 5) is 26.0. The van der Waals surface area contributed by atoms with Gasteiger partial charge in [0.2, 0.25) is 0 Å². The van der Waals surface area contributed by atoms with Gasteiger partial charge in [0.1, 0.15) is 0 Å². The Morgan fingerprint density at radius 3 is 2.32 bits per heavy atom. The van der Waals surface area contributed by atoms with E-state index in [0.29, 0.717) is 11.1 Å². The smallest absolute Gasteiger partial charge is 0.335 e. The van der Waals surface area contributed by atoms with E-state index in [0.717, 1.165) is 5.57 Å². The van der Waals surface area contributed by atoms with Gasteiger partial charge in [0.15, 0.2) is 9.84 Å². The van der Waals surface area contributed by atoms with Crippen molar-refractivity contribution in [3.8, 4) is 0 Å². The van der Waals surface area contributed by atoms with Gasteiger partial charge in [-0.15, -0.1) is 0 Å². The van der Waals surface area contributed by atoms with Crippen LogP contribution in [-0.2, 0) is 28.9 Å². The molecule has 0 amide bonds. The molecule has 1 aromatic rings. The standard InChI is InChI=1S/C24H24O6S/c1-16-9-7-8-10-17-13-14-18(15-31(27,28)19-11-5-4-6-12-19)21(23(25)29-2)22(20(16)17)24(26)30-3/h4-14,18,21H,15H2,1-3H3/t18-,21+/m0/s1. The molecule has 0 N–H and O–H groups in total. The van der Waals surface area contributed by atoms with Crippen LogP contribution in [0.4, 0.5) is 0 Å². The molecule has 1 aromatic carbocycles. The molecule has 2 aliphatic rings. The number of carbonyl (C=O) groups excluding carboxylic acids is 2. The number of ether oxygens (including phenoxy) is 2. The molecule has 31 heavy (non-hydrogen) atoms. The van der Waals surface area contributed by atoms with E-state index in [4.69, 9.17) is 9.47 Å². The van der Waals surface area contributed by atoms with Crippen LogP contribution in [0.2, 0.25) is 0 Å². The fourth-order valence-corrected chi connectivity index (χ4v) is 5.43. The molecule has 0 heterocycles. The number of rotatable bonds is 5. The normalized spacial score (nSPS) is 20.7. The lowest BCUT2D eigenvalue weighted by atomic mass is 9.83. The first-order valence-electron chi connectivity index (χ1n) is 9.72. The second-order valence-corrected chi connectivity index (χ2v) is 9.29. The van der Waals surface area contributed by atoms with Gasteiger partial charge in [0.25, 0.3) is 0 Å². The average molecular weight is 441 g/mol. The predicted molar refractivity (Wildman–Crippen MR) is 117 cm³/mol. The second-order valence-electron chi connectivity index (χ2n) is 7.26. The lowest BCUT2D eigenvalue weighted by Gasteiger charge is -2.25. The zero-order valence-electron chi connectivity index (χ0n) is 17.6. The van der Waals surface area contributed by atoms with Crippen molar-refractivity contribution in [2.75, 3.05) is 20.0 Å². The fourth-order valence-electron chi connectivity index (χ4n) is 3.86. The molecule has 0 radical (unpaired) electrons. The first-order chi connectivity index (χ1) is 14.8. The van der Waals surface area contributed by atoms with Crippen molar-refractivity contribution in [3.05, 3.63) is 89.1 Å². The molecule has 0 spiro atoms. The Hall–Kier alpha value is -3.19. The van der Waals surface area contributed by atoms with E-state index in [1.165, 1.54) is 26.4 Å². The number of methoxy groups -OCH3 is 2. The Morgan fingerprint density at radius 1 is 1.00 bits per heavy atom. The van der Waals surface area contributed by atoms with Gasteiger partial charge in [0.05, 0.1) is 36.4 Å². The molecule has 0 bridgehead atoms. The predicted octanol–water partition coefficient (Wildman–Crippen LogP) is 3.35.